The lowest BCUT2D eigenvalue weighted by Crippen LogP contribution is -2.53. The largest absolute Gasteiger partial charge is 0.466 e. The van der Waals surface area contributed by atoms with Crippen molar-refractivity contribution >= 4 is 29.1 Å². The second-order valence-electron chi connectivity index (χ2n) is 8.61. The standard InChI is InChI=1S/C27H30N6O4/c1-4-14-37-27(35)31-23-11-12-32(17-22(23)26(34)36-6-3)16-20-10-13-33-24(20)25(28-18-29-33)30-21-9-7-8-19(5-2)15-21/h2,4,7-10,13,15,18,22-23H,1,6,11-12,14,16-17H2,3H3,(H,31,35)(H,28,29,30)/t22?,23-/m1/s1. The third-order valence-corrected chi connectivity index (χ3v) is 6.15. The predicted molar refractivity (Wildman–Crippen MR) is 139 cm³/mol. The molecule has 0 spiro atoms. The number of carbonyl (C=O) groups excluding carboxylic acids is 2. The molecule has 1 saturated heterocycles. The molecule has 2 atom stereocenters. The van der Waals surface area contributed by atoms with Crippen LogP contribution in [0.4, 0.5) is 16.3 Å². The van der Waals surface area contributed by atoms with Crippen LogP contribution in [0.5, 0.6) is 0 Å². The lowest BCUT2D eigenvalue weighted by Gasteiger charge is -2.37. The average molecular weight is 503 g/mol. The van der Waals surface area contributed by atoms with Gasteiger partial charge in [0, 0.05) is 43.1 Å². The maximum Gasteiger partial charge on any atom is 0.407 e. The molecule has 3 aromatic rings. The number of hydrogen-bond donors (Lipinski definition) is 2. The number of piperidine rings is 1. The van der Waals surface area contributed by atoms with Crippen molar-refractivity contribution in [3.8, 4) is 12.3 Å². The summed E-state index contributed by atoms with van der Waals surface area (Å²) in [5.74, 6) is 2.41. The number of ether oxygens (including phenoxy) is 2. The number of hydrogen-bond acceptors (Lipinski definition) is 8. The van der Waals surface area contributed by atoms with Gasteiger partial charge in [-0.25, -0.2) is 14.3 Å². The Labute approximate surface area is 215 Å². The number of carbonyl (C=O) groups is 2. The van der Waals surface area contributed by atoms with Gasteiger partial charge < -0.3 is 20.1 Å². The summed E-state index contributed by atoms with van der Waals surface area (Å²) in [7, 11) is 0. The number of terminal acetylenes is 1. The van der Waals surface area contributed by atoms with E-state index >= 15 is 0 Å². The number of nitrogens with one attached hydrogen (secondary N) is 2. The van der Waals surface area contributed by atoms with E-state index in [9.17, 15) is 9.59 Å². The molecule has 0 bridgehead atoms. The zero-order chi connectivity index (χ0) is 26.2. The molecule has 1 aromatic carbocycles. The fourth-order valence-electron chi connectivity index (χ4n) is 4.45. The summed E-state index contributed by atoms with van der Waals surface area (Å²) >= 11 is 0. The summed E-state index contributed by atoms with van der Waals surface area (Å²) in [4.78, 5) is 31.5. The van der Waals surface area contributed by atoms with Gasteiger partial charge in [-0.05, 0) is 43.2 Å². The number of nitrogens with zero attached hydrogens (tertiary/aromatic N) is 4. The number of likely N-dealkylation sites (tertiary alicyclic amines) is 1. The van der Waals surface area contributed by atoms with Crippen LogP contribution in [0.3, 0.4) is 0 Å². The normalized spacial score (nSPS) is 17.5. The second-order valence-corrected chi connectivity index (χ2v) is 8.61. The summed E-state index contributed by atoms with van der Waals surface area (Å²) in [6, 6.07) is 9.15. The van der Waals surface area contributed by atoms with Crippen LogP contribution in [0.1, 0.15) is 24.5 Å². The molecule has 1 aliphatic rings. The molecule has 37 heavy (non-hydrogen) atoms. The molecular formula is C27H30N6O4. The van der Waals surface area contributed by atoms with E-state index in [-0.39, 0.29) is 25.2 Å². The minimum Gasteiger partial charge on any atom is -0.466 e. The average Bonchev–Trinajstić information content (AvgIpc) is 3.32. The Hall–Kier alpha value is -4.36. The quantitative estimate of drug-likeness (QED) is 0.261. The van der Waals surface area contributed by atoms with Crippen LogP contribution in [0.2, 0.25) is 0 Å². The monoisotopic (exact) mass is 502 g/mol. The molecule has 1 aliphatic heterocycles. The van der Waals surface area contributed by atoms with Crippen molar-refractivity contribution in [2.45, 2.75) is 25.9 Å². The number of benzene rings is 1. The first-order chi connectivity index (χ1) is 18.0. The van der Waals surface area contributed by atoms with Crippen LogP contribution in [-0.2, 0) is 20.8 Å². The van der Waals surface area contributed by atoms with Gasteiger partial charge in [-0.2, -0.15) is 5.10 Å². The lowest BCUT2D eigenvalue weighted by molar-refractivity contribution is -0.151. The summed E-state index contributed by atoms with van der Waals surface area (Å²) < 4.78 is 12.1. The summed E-state index contributed by atoms with van der Waals surface area (Å²) in [5.41, 5.74) is 3.41. The van der Waals surface area contributed by atoms with E-state index in [1.165, 1.54) is 12.4 Å². The lowest BCUT2D eigenvalue weighted by atomic mass is 9.92. The van der Waals surface area contributed by atoms with Gasteiger partial charge in [0.25, 0.3) is 0 Å². The Balaban J connectivity index is 1.52. The minimum atomic E-state index is -0.576. The van der Waals surface area contributed by atoms with Crippen LogP contribution < -0.4 is 10.6 Å². The Kier molecular flexibility index (Phi) is 8.38. The van der Waals surface area contributed by atoms with Gasteiger partial charge in [-0.15, -0.1) is 6.42 Å². The second kappa shape index (κ2) is 12.1. The fourth-order valence-corrected chi connectivity index (χ4v) is 4.45. The number of rotatable bonds is 9. The SMILES string of the molecule is C#Cc1cccc(Nc2ncnn3ccc(CN4CC[C@@H](NC(=O)OCC=C)C(C(=O)OCC)C4)c23)c1. The van der Waals surface area contributed by atoms with E-state index in [2.05, 4.69) is 38.1 Å². The number of anilines is 2. The third kappa shape index (κ3) is 6.26. The van der Waals surface area contributed by atoms with Crippen LogP contribution in [0.15, 0.2) is 55.5 Å². The number of esters is 1. The Morgan fingerprint density at radius 3 is 2.97 bits per heavy atom. The van der Waals surface area contributed by atoms with Crippen molar-refractivity contribution in [3.05, 3.63) is 66.6 Å². The summed E-state index contributed by atoms with van der Waals surface area (Å²) in [6.45, 7) is 7.32. The zero-order valence-corrected chi connectivity index (χ0v) is 20.7. The zero-order valence-electron chi connectivity index (χ0n) is 20.7. The molecule has 1 amide bonds. The highest BCUT2D eigenvalue weighted by Gasteiger charge is 2.37. The van der Waals surface area contributed by atoms with Gasteiger partial charge in [0.15, 0.2) is 5.82 Å². The van der Waals surface area contributed by atoms with Gasteiger partial charge in [-0.1, -0.05) is 24.6 Å². The van der Waals surface area contributed by atoms with E-state index in [1.807, 2.05) is 36.5 Å². The smallest absolute Gasteiger partial charge is 0.407 e. The first-order valence-corrected chi connectivity index (χ1v) is 12.1. The fraction of sp³-hybridized carbons (Fsp3) is 0.333. The van der Waals surface area contributed by atoms with Gasteiger partial charge >= 0.3 is 12.1 Å². The van der Waals surface area contributed by atoms with Gasteiger partial charge in [-0.3, -0.25) is 9.69 Å². The topological polar surface area (TPSA) is 110 Å². The van der Waals surface area contributed by atoms with Crippen LogP contribution in [-0.4, -0.2) is 63.9 Å². The Bertz CT molecular complexity index is 1310. The molecule has 192 valence electrons. The predicted octanol–water partition coefficient (Wildman–Crippen LogP) is 3.12. The third-order valence-electron chi connectivity index (χ3n) is 6.15. The van der Waals surface area contributed by atoms with E-state index in [4.69, 9.17) is 15.9 Å². The number of amides is 1. The summed E-state index contributed by atoms with van der Waals surface area (Å²) in [6.07, 6.45) is 10.4. The summed E-state index contributed by atoms with van der Waals surface area (Å²) in [5, 5.41) is 10.5. The molecule has 10 heteroatoms. The highest BCUT2D eigenvalue weighted by Crippen LogP contribution is 2.27. The Morgan fingerprint density at radius 2 is 2.19 bits per heavy atom. The van der Waals surface area contributed by atoms with Crippen LogP contribution in [0.25, 0.3) is 5.52 Å². The molecule has 1 fully saturated rings. The van der Waals surface area contributed by atoms with Crippen molar-refractivity contribution < 1.29 is 19.1 Å². The van der Waals surface area contributed by atoms with Gasteiger partial charge in [0.1, 0.15) is 18.5 Å². The number of aromatic nitrogens is 3. The van der Waals surface area contributed by atoms with Crippen molar-refractivity contribution in [2.75, 3.05) is 31.6 Å². The van der Waals surface area contributed by atoms with Gasteiger partial charge in [0.05, 0.1) is 12.5 Å². The molecule has 0 radical (unpaired) electrons. The van der Waals surface area contributed by atoms with Crippen molar-refractivity contribution in [2.24, 2.45) is 5.92 Å². The molecule has 10 nitrogen and oxygen atoms in total. The number of fused-ring (bicyclic) bond motifs is 1. The molecular weight excluding hydrogens is 472 g/mol. The molecule has 2 N–H and O–H groups in total. The molecule has 3 heterocycles. The maximum absolute atomic E-state index is 12.8. The molecule has 2 aromatic heterocycles. The van der Waals surface area contributed by atoms with Crippen LogP contribution in [0, 0.1) is 18.3 Å². The van der Waals surface area contributed by atoms with Gasteiger partial charge in [0.2, 0.25) is 0 Å². The first-order valence-electron chi connectivity index (χ1n) is 12.1. The van der Waals surface area contributed by atoms with Crippen molar-refractivity contribution in [1.29, 1.82) is 0 Å². The highest BCUT2D eigenvalue weighted by atomic mass is 16.5. The molecule has 0 aliphatic carbocycles. The molecule has 1 unspecified atom stereocenters. The van der Waals surface area contributed by atoms with E-state index in [0.717, 1.165) is 22.3 Å². The van der Waals surface area contributed by atoms with Crippen molar-refractivity contribution in [3.63, 3.8) is 0 Å². The van der Waals surface area contributed by atoms with E-state index in [0.29, 0.717) is 31.9 Å². The van der Waals surface area contributed by atoms with Crippen LogP contribution >= 0.6 is 0 Å². The molecule has 0 saturated carbocycles. The van der Waals surface area contributed by atoms with E-state index < -0.39 is 12.0 Å². The first kappa shape index (κ1) is 25.7. The maximum atomic E-state index is 12.8. The highest BCUT2D eigenvalue weighted by molar-refractivity contribution is 5.77. The van der Waals surface area contributed by atoms with E-state index in [1.54, 1.807) is 11.4 Å². The molecule has 4 rings (SSSR count). The Morgan fingerprint density at radius 1 is 1.32 bits per heavy atom. The van der Waals surface area contributed by atoms with Crippen molar-refractivity contribution in [1.82, 2.24) is 24.8 Å². The number of alkyl carbamates (subject to hydrolysis) is 1. The minimum absolute atomic E-state index is 0.0992.